The Kier molecular flexibility index (Phi) is 6.26. The third-order valence-corrected chi connectivity index (χ3v) is 4.22. The summed E-state index contributed by atoms with van der Waals surface area (Å²) in [5.74, 6) is -1.47. The molecule has 6 nitrogen and oxygen atoms in total. The van der Waals surface area contributed by atoms with Crippen molar-refractivity contribution in [1.29, 1.82) is 0 Å². The molecule has 0 spiro atoms. The smallest absolute Gasteiger partial charge is 0.252 e. The van der Waals surface area contributed by atoms with Gasteiger partial charge in [-0.1, -0.05) is 6.92 Å². The van der Waals surface area contributed by atoms with Crippen molar-refractivity contribution in [2.75, 3.05) is 20.3 Å². The second kappa shape index (κ2) is 7.30. The molecule has 0 aliphatic heterocycles. The molecule has 1 amide bonds. The highest BCUT2D eigenvalue weighted by Crippen LogP contribution is 2.23. The zero-order valence-electron chi connectivity index (χ0n) is 11.5. The maximum Gasteiger partial charge on any atom is 0.252 e. The van der Waals surface area contributed by atoms with E-state index in [4.69, 9.17) is 9.88 Å². The standard InChI is InChI=1S/C12H16BrFN2O4S/c1-7(6-20-2)5-16-12(17)8-3-11(21(15,18)19)10(14)4-9(8)13/h3-4,7H,5-6H2,1-2H3,(H,16,17)(H2,15,18,19). The SMILES string of the molecule is COCC(C)CNC(=O)c1cc(S(N)(=O)=O)c(F)cc1Br. The molecule has 21 heavy (non-hydrogen) atoms. The highest BCUT2D eigenvalue weighted by atomic mass is 79.9. The molecule has 0 fully saturated rings. The lowest BCUT2D eigenvalue weighted by Gasteiger charge is -2.13. The fraction of sp³-hybridized carbons (Fsp3) is 0.417. The van der Waals surface area contributed by atoms with Gasteiger partial charge in [0.2, 0.25) is 10.0 Å². The Balaban J connectivity index is 3.00. The van der Waals surface area contributed by atoms with Gasteiger partial charge in [0.05, 0.1) is 12.2 Å². The predicted molar refractivity (Wildman–Crippen MR) is 78.8 cm³/mol. The first-order chi connectivity index (χ1) is 9.66. The monoisotopic (exact) mass is 382 g/mol. The molecule has 0 heterocycles. The molecule has 118 valence electrons. The van der Waals surface area contributed by atoms with Crippen molar-refractivity contribution in [1.82, 2.24) is 5.32 Å². The number of methoxy groups -OCH3 is 1. The van der Waals surface area contributed by atoms with Crippen molar-refractivity contribution >= 4 is 31.9 Å². The first-order valence-electron chi connectivity index (χ1n) is 5.95. The number of hydrogen-bond acceptors (Lipinski definition) is 4. The van der Waals surface area contributed by atoms with E-state index < -0.39 is 26.6 Å². The first kappa shape index (κ1) is 18.0. The molecule has 0 aliphatic rings. The van der Waals surface area contributed by atoms with E-state index in [0.29, 0.717) is 13.2 Å². The van der Waals surface area contributed by atoms with Gasteiger partial charge in [-0.15, -0.1) is 0 Å². The molecule has 0 saturated carbocycles. The normalized spacial score (nSPS) is 13.0. The molecule has 3 N–H and O–H groups in total. The van der Waals surface area contributed by atoms with E-state index in [-0.39, 0.29) is 16.0 Å². The molecule has 1 unspecified atom stereocenters. The summed E-state index contributed by atoms with van der Waals surface area (Å²) in [5, 5.41) is 7.52. The molecule has 1 aromatic carbocycles. The van der Waals surface area contributed by atoms with Gasteiger partial charge in [0.1, 0.15) is 10.7 Å². The Labute approximate surface area is 131 Å². The molecule has 0 aliphatic carbocycles. The zero-order chi connectivity index (χ0) is 16.2. The molecule has 1 aromatic rings. The third-order valence-electron chi connectivity index (χ3n) is 2.63. The largest absolute Gasteiger partial charge is 0.384 e. The zero-order valence-corrected chi connectivity index (χ0v) is 13.9. The van der Waals surface area contributed by atoms with Crippen molar-refractivity contribution in [3.8, 4) is 0 Å². The van der Waals surface area contributed by atoms with Crippen LogP contribution < -0.4 is 10.5 Å². The van der Waals surface area contributed by atoms with Crippen LogP contribution in [0.2, 0.25) is 0 Å². The summed E-state index contributed by atoms with van der Waals surface area (Å²) in [5.41, 5.74) is -0.00922. The van der Waals surface area contributed by atoms with Crippen LogP contribution in [0.5, 0.6) is 0 Å². The van der Waals surface area contributed by atoms with E-state index in [9.17, 15) is 17.6 Å². The van der Waals surface area contributed by atoms with Gasteiger partial charge in [0.25, 0.3) is 5.91 Å². The molecule has 0 aromatic heterocycles. The molecule has 1 atom stereocenters. The topological polar surface area (TPSA) is 98.5 Å². The van der Waals surface area contributed by atoms with E-state index >= 15 is 0 Å². The molecule has 9 heteroatoms. The van der Waals surface area contributed by atoms with Gasteiger partial charge in [-0.25, -0.2) is 17.9 Å². The fourth-order valence-corrected chi connectivity index (χ4v) is 2.74. The van der Waals surface area contributed by atoms with Gasteiger partial charge in [0.15, 0.2) is 0 Å². The molecule has 0 radical (unpaired) electrons. The average Bonchev–Trinajstić information content (AvgIpc) is 2.34. The molecule has 0 bridgehead atoms. The van der Waals surface area contributed by atoms with E-state index in [0.717, 1.165) is 12.1 Å². The third kappa shape index (κ3) is 5.03. The van der Waals surface area contributed by atoms with Crippen LogP contribution in [0.25, 0.3) is 0 Å². The summed E-state index contributed by atoms with van der Waals surface area (Å²) in [6.45, 7) is 2.67. The summed E-state index contributed by atoms with van der Waals surface area (Å²) in [7, 11) is -2.69. The Hall–Kier alpha value is -1.03. The minimum atomic E-state index is -4.24. The number of nitrogens with two attached hydrogens (primary N) is 1. The second-order valence-corrected chi connectivity index (χ2v) is 6.96. The first-order valence-corrected chi connectivity index (χ1v) is 8.29. The quantitative estimate of drug-likeness (QED) is 0.773. The van der Waals surface area contributed by atoms with Crippen LogP contribution >= 0.6 is 15.9 Å². The Bertz CT molecular complexity index is 636. The number of benzene rings is 1. The minimum absolute atomic E-state index is 0.00922. The predicted octanol–water partition coefficient (Wildman–Crippen LogP) is 1.25. The van der Waals surface area contributed by atoms with Crippen molar-refractivity contribution in [3.05, 3.63) is 28.0 Å². The van der Waals surface area contributed by atoms with Crippen molar-refractivity contribution in [3.63, 3.8) is 0 Å². The number of halogens is 2. The lowest BCUT2D eigenvalue weighted by Crippen LogP contribution is -2.30. The number of hydrogen-bond donors (Lipinski definition) is 2. The van der Waals surface area contributed by atoms with E-state index in [2.05, 4.69) is 21.2 Å². The van der Waals surface area contributed by atoms with Gasteiger partial charge in [-0.05, 0) is 34.0 Å². The fourth-order valence-electron chi connectivity index (χ4n) is 1.63. The maximum atomic E-state index is 13.6. The summed E-state index contributed by atoms with van der Waals surface area (Å²) < 4.78 is 41.2. The number of rotatable bonds is 6. The number of carbonyl (C=O) groups is 1. The van der Waals surface area contributed by atoms with Crippen molar-refractivity contribution in [2.45, 2.75) is 11.8 Å². The number of amides is 1. The van der Waals surface area contributed by atoms with Crippen LogP contribution in [0, 0.1) is 11.7 Å². The molecule has 0 saturated heterocycles. The summed E-state index contributed by atoms with van der Waals surface area (Å²) in [6, 6.07) is 1.80. The molecular formula is C12H16BrFN2O4S. The van der Waals surface area contributed by atoms with Crippen LogP contribution in [0.4, 0.5) is 4.39 Å². The van der Waals surface area contributed by atoms with E-state index in [1.807, 2.05) is 6.92 Å². The molecular weight excluding hydrogens is 367 g/mol. The van der Waals surface area contributed by atoms with Gasteiger partial charge < -0.3 is 10.1 Å². The lowest BCUT2D eigenvalue weighted by molar-refractivity contribution is 0.0933. The number of ether oxygens (including phenoxy) is 1. The van der Waals surface area contributed by atoms with E-state index in [1.54, 1.807) is 7.11 Å². The summed E-state index contributed by atoms with van der Waals surface area (Å²) in [6.07, 6.45) is 0. The van der Waals surface area contributed by atoms with E-state index in [1.165, 1.54) is 0 Å². The Morgan fingerprint density at radius 3 is 2.67 bits per heavy atom. The second-order valence-electron chi connectivity index (χ2n) is 4.58. The van der Waals surface area contributed by atoms with Crippen LogP contribution in [0.3, 0.4) is 0 Å². The Morgan fingerprint density at radius 2 is 2.14 bits per heavy atom. The summed E-state index contributed by atoms with van der Waals surface area (Å²) >= 11 is 3.03. The van der Waals surface area contributed by atoms with Crippen LogP contribution in [0.1, 0.15) is 17.3 Å². The lowest BCUT2D eigenvalue weighted by atomic mass is 10.1. The van der Waals surface area contributed by atoms with Gasteiger partial charge in [0, 0.05) is 18.1 Å². The van der Waals surface area contributed by atoms with Gasteiger partial charge in [-0.3, -0.25) is 4.79 Å². The Morgan fingerprint density at radius 1 is 1.52 bits per heavy atom. The minimum Gasteiger partial charge on any atom is -0.384 e. The number of sulfonamides is 1. The highest BCUT2D eigenvalue weighted by molar-refractivity contribution is 9.10. The van der Waals surface area contributed by atoms with Crippen LogP contribution in [0.15, 0.2) is 21.5 Å². The highest BCUT2D eigenvalue weighted by Gasteiger charge is 2.20. The van der Waals surface area contributed by atoms with Crippen molar-refractivity contribution in [2.24, 2.45) is 11.1 Å². The van der Waals surface area contributed by atoms with Crippen LogP contribution in [-0.2, 0) is 14.8 Å². The average molecular weight is 383 g/mol. The summed E-state index contributed by atoms with van der Waals surface area (Å²) in [4.78, 5) is 11.3. The molecule has 1 rings (SSSR count). The van der Waals surface area contributed by atoms with Crippen molar-refractivity contribution < 1.29 is 22.3 Å². The van der Waals surface area contributed by atoms with Gasteiger partial charge in [-0.2, -0.15) is 0 Å². The van der Waals surface area contributed by atoms with Gasteiger partial charge >= 0.3 is 0 Å². The van der Waals surface area contributed by atoms with Crippen LogP contribution in [-0.4, -0.2) is 34.6 Å². The number of primary sulfonamides is 1. The number of nitrogens with one attached hydrogen (secondary N) is 1. The number of carbonyl (C=O) groups excluding carboxylic acids is 1. The maximum absolute atomic E-state index is 13.6.